The highest BCUT2D eigenvalue weighted by molar-refractivity contribution is 6.08. The second kappa shape index (κ2) is 16.6. The number of hydrogen-bond donors (Lipinski definition) is 0. The molecular formula is C43H38N2O4. The lowest BCUT2D eigenvalue weighted by Gasteiger charge is -2.24. The van der Waals surface area contributed by atoms with Gasteiger partial charge in [-0.2, -0.15) is 0 Å². The van der Waals surface area contributed by atoms with Gasteiger partial charge in [-0.25, -0.2) is 0 Å². The van der Waals surface area contributed by atoms with Crippen molar-refractivity contribution in [2.24, 2.45) is 0 Å². The van der Waals surface area contributed by atoms with Crippen LogP contribution in [0.15, 0.2) is 170 Å². The Hall–Kier alpha value is -6.14. The Morgan fingerprint density at radius 1 is 0.408 bits per heavy atom. The van der Waals surface area contributed by atoms with Gasteiger partial charge in [0.15, 0.2) is 0 Å². The molecule has 0 fully saturated rings. The molecule has 6 nitrogen and oxygen atoms in total. The van der Waals surface area contributed by atoms with E-state index in [0.717, 1.165) is 22.5 Å². The molecule has 244 valence electrons. The van der Waals surface area contributed by atoms with Crippen LogP contribution in [0.5, 0.6) is 11.5 Å². The van der Waals surface area contributed by atoms with Gasteiger partial charge in [0.1, 0.15) is 11.5 Å². The summed E-state index contributed by atoms with van der Waals surface area (Å²) in [6, 6.07) is 53.9. The van der Waals surface area contributed by atoms with Crippen LogP contribution in [-0.2, 0) is 13.1 Å². The first-order valence-electron chi connectivity index (χ1n) is 16.4. The number of benzene rings is 6. The normalized spacial score (nSPS) is 10.6. The predicted molar refractivity (Wildman–Crippen MR) is 195 cm³/mol. The quantitative estimate of drug-likeness (QED) is 0.111. The van der Waals surface area contributed by atoms with Crippen LogP contribution in [0.3, 0.4) is 0 Å². The van der Waals surface area contributed by atoms with Crippen LogP contribution in [0.1, 0.15) is 38.3 Å². The molecular weight excluding hydrogens is 608 g/mol. The minimum atomic E-state index is -0.146. The molecule has 0 saturated heterocycles. The van der Waals surface area contributed by atoms with Crippen LogP contribution in [0.2, 0.25) is 0 Å². The maximum absolute atomic E-state index is 14.0. The predicted octanol–water partition coefficient (Wildman–Crippen LogP) is 9.23. The molecule has 0 spiro atoms. The lowest BCUT2D eigenvalue weighted by Crippen LogP contribution is -2.31. The molecule has 0 unspecified atom stereocenters. The van der Waals surface area contributed by atoms with Crippen LogP contribution in [0.4, 0.5) is 11.4 Å². The van der Waals surface area contributed by atoms with Gasteiger partial charge in [0.25, 0.3) is 11.8 Å². The third-order valence-electron chi connectivity index (χ3n) is 8.03. The summed E-state index contributed by atoms with van der Waals surface area (Å²) in [6.45, 7) is 1.51. The topological polar surface area (TPSA) is 59.1 Å². The number of carbonyl (C=O) groups is 2. The molecule has 0 aliphatic rings. The van der Waals surface area contributed by atoms with Gasteiger partial charge >= 0.3 is 0 Å². The van der Waals surface area contributed by atoms with E-state index in [4.69, 9.17) is 9.47 Å². The van der Waals surface area contributed by atoms with Gasteiger partial charge in [-0.1, -0.05) is 121 Å². The van der Waals surface area contributed by atoms with Gasteiger partial charge in [0.2, 0.25) is 0 Å². The molecule has 0 heterocycles. The zero-order chi connectivity index (χ0) is 33.7. The van der Waals surface area contributed by atoms with Crippen LogP contribution in [-0.4, -0.2) is 25.0 Å². The molecule has 0 atom stereocenters. The summed E-state index contributed by atoms with van der Waals surface area (Å²) in [4.78, 5) is 31.5. The molecule has 6 aromatic carbocycles. The molecule has 0 saturated carbocycles. The number of hydrogen-bond acceptors (Lipinski definition) is 4. The van der Waals surface area contributed by atoms with E-state index in [1.807, 2.05) is 158 Å². The molecule has 0 N–H and O–H groups in total. The van der Waals surface area contributed by atoms with E-state index in [1.54, 1.807) is 21.9 Å². The van der Waals surface area contributed by atoms with Gasteiger partial charge in [-0.05, 0) is 59.7 Å². The SMILES string of the molecule is O=C(c1ccccc1OCCCOc1ccccc1C(=O)N(Cc1ccccc1)c1ccccc1)N(Cc1ccccc1)c1ccccc1. The fourth-order valence-electron chi connectivity index (χ4n) is 5.56. The fraction of sp³-hybridized carbons (Fsp3) is 0.116. The van der Waals surface area contributed by atoms with E-state index in [9.17, 15) is 9.59 Å². The third-order valence-corrected chi connectivity index (χ3v) is 8.03. The van der Waals surface area contributed by atoms with Crippen LogP contribution < -0.4 is 19.3 Å². The number of carbonyl (C=O) groups excluding carboxylic acids is 2. The molecule has 0 radical (unpaired) electrons. The summed E-state index contributed by atoms with van der Waals surface area (Å²) < 4.78 is 12.3. The number of ether oxygens (including phenoxy) is 2. The average Bonchev–Trinajstić information content (AvgIpc) is 3.17. The zero-order valence-corrected chi connectivity index (χ0v) is 27.2. The Labute approximate surface area is 287 Å². The molecule has 6 heteroatoms. The van der Waals surface area contributed by atoms with Crippen molar-refractivity contribution in [2.75, 3.05) is 23.0 Å². The Kier molecular flexibility index (Phi) is 11.1. The van der Waals surface area contributed by atoms with Crippen molar-refractivity contribution in [3.8, 4) is 11.5 Å². The number of anilines is 2. The minimum Gasteiger partial charge on any atom is -0.493 e. The van der Waals surface area contributed by atoms with Crippen molar-refractivity contribution in [3.63, 3.8) is 0 Å². The Morgan fingerprint density at radius 3 is 1.12 bits per heavy atom. The van der Waals surface area contributed by atoms with Crippen molar-refractivity contribution < 1.29 is 19.1 Å². The highest BCUT2D eigenvalue weighted by Crippen LogP contribution is 2.27. The number of para-hydroxylation sites is 4. The molecule has 2 amide bonds. The summed E-state index contributed by atoms with van der Waals surface area (Å²) in [5, 5.41) is 0. The fourth-order valence-corrected chi connectivity index (χ4v) is 5.56. The average molecular weight is 647 g/mol. The Bertz CT molecular complexity index is 1790. The number of rotatable bonds is 14. The van der Waals surface area contributed by atoms with Gasteiger partial charge in [-0.3, -0.25) is 9.59 Å². The summed E-state index contributed by atoms with van der Waals surface area (Å²) in [7, 11) is 0. The first-order valence-corrected chi connectivity index (χ1v) is 16.4. The Morgan fingerprint density at radius 2 is 0.735 bits per heavy atom. The second-order valence-electron chi connectivity index (χ2n) is 11.5. The summed E-state index contributed by atoms with van der Waals surface area (Å²) in [5.41, 5.74) is 4.64. The lowest BCUT2D eigenvalue weighted by molar-refractivity contribution is 0.0974. The van der Waals surface area contributed by atoms with Gasteiger partial charge < -0.3 is 19.3 Å². The van der Waals surface area contributed by atoms with E-state index in [2.05, 4.69) is 0 Å². The van der Waals surface area contributed by atoms with E-state index >= 15 is 0 Å². The van der Waals surface area contributed by atoms with E-state index in [1.165, 1.54) is 0 Å². The van der Waals surface area contributed by atoms with Crippen LogP contribution >= 0.6 is 0 Å². The largest absolute Gasteiger partial charge is 0.493 e. The first-order chi connectivity index (χ1) is 24.2. The highest BCUT2D eigenvalue weighted by atomic mass is 16.5. The molecule has 49 heavy (non-hydrogen) atoms. The lowest BCUT2D eigenvalue weighted by atomic mass is 10.1. The van der Waals surface area contributed by atoms with Crippen molar-refractivity contribution in [2.45, 2.75) is 19.5 Å². The third kappa shape index (κ3) is 8.62. The van der Waals surface area contributed by atoms with E-state index < -0.39 is 0 Å². The first kappa shape index (κ1) is 32.8. The maximum Gasteiger partial charge on any atom is 0.262 e. The van der Waals surface area contributed by atoms with Crippen LogP contribution in [0.25, 0.3) is 0 Å². The monoisotopic (exact) mass is 646 g/mol. The van der Waals surface area contributed by atoms with E-state index in [0.29, 0.717) is 55.4 Å². The summed E-state index contributed by atoms with van der Waals surface area (Å²) >= 11 is 0. The van der Waals surface area contributed by atoms with Crippen molar-refractivity contribution in [3.05, 3.63) is 192 Å². The molecule has 6 rings (SSSR count). The summed E-state index contributed by atoms with van der Waals surface area (Å²) in [6.07, 6.45) is 0.546. The van der Waals surface area contributed by atoms with Gasteiger partial charge in [0.05, 0.1) is 37.4 Å². The number of amides is 2. The second-order valence-corrected chi connectivity index (χ2v) is 11.5. The van der Waals surface area contributed by atoms with Crippen molar-refractivity contribution >= 4 is 23.2 Å². The molecule has 0 aliphatic carbocycles. The smallest absolute Gasteiger partial charge is 0.262 e. The van der Waals surface area contributed by atoms with Crippen molar-refractivity contribution in [1.29, 1.82) is 0 Å². The maximum atomic E-state index is 14.0. The number of nitrogens with zero attached hydrogens (tertiary/aromatic N) is 2. The molecule has 0 bridgehead atoms. The minimum absolute atomic E-state index is 0.146. The molecule has 6 aromatic rings. The Balaban J connectivity index is 1.11. The molecule has 0 aromatic heterocycles. The highest BCUT2D eigenvalue weighted by Gasteiger charge is 2.23. The zero-order valence-electron chi connectivity index (χ0n) is 27.2. The van der Waals surface area contributed by atoms with Crippen molar-refractivity contribution in [1.82, 2.24) is 0 Å². The van der Waals surface area contributed by atoms with Crippen LogP contribution in [0, 0.1) is 0 Å². The molecule has 0 aliphatic heterocycles. The summed E-state index contributed by atoms with van der Waals surface area (Å²) in [5.74, 6) is 0.730. The van der Waals surface area contributed by atoms with Gasteiger partial charge in [0, 0.05) is 17.8 Å². The standard InChI is InChI=1S/C43H38N2O4/c46-42(44(36-22-9-3-10-23-36)32-34-18-5-1-6-19-34)38-26-13-15-28-40(38)48-30-17-31-49-41-29-16-14-27-39(41)43(47)45(37-24-11-4-12-25-37)33-35-20-7-2-8-21-35/h1-16,18-29H,17,30-33H2. The van der Waals surface area contributed by atoms with E-state index in [-0.39, 0.29) is 11.8 Å². The van der Waals surface area contributed by atoms with Gasteiger partial charge in [-0.15, -0.1) is 0 Å².